The molecule has 5 heteroatoms. The molecule has 0 amide bonds. The third-order valence-corrected chi connectivity index (χ3v) is 11.2. The average molecular weight is 633 g/mol. The Bertz CT molecular complexity index is 2240. The second kappa shape index (κ2) is 11.9. The molecule has 8 rings (SSSR count). The third kappa shape index (κ3) is 5.00. The van der Waals surface area contributed by atoms with Crippen LogP contribution in [0, 0.1) is 13.8 Å². The molecule has 0 bridgehead atoms. The summed E-state index contributed by atoms with van der Waals surface area (Å²) in [5.74, 6) is 0.266. The Morgan fingerprint density at radius 3 is 1.37 bits per heavy atom. The maximum absolute atomic E-state index is 13.7. The number of aromatic nitrogens is 2. The highest BCUT2D eigenvalue weighted by Crippen LogP contribution is 2.43. The third-order valence-electron chi connectivity index (χ3n) is 9.10. The number of Topliss-reactive ketones (excluding diaryl/α,β-unsaturated/α-hetero) is 1. The number of hydrogen-bond acceptors (Lipinski definition) is 5. The molecule has 0 aliphatic carbocycles. The first-order valence-corrected chi connectivity index (χ1v) is 17.4. The van der Waals surface area contributed by atoms with Crippen LogP contribution in [-0.4, -0.2) is 15.8 Å². The lowest BCUT2D eigenvalue weighted by Crippen LogP contribution is -2.07. The number of rotatable bonds is 8. The van der Waals surface area contributed by atoms with E-state index in [4.69, 9.17) is 9.97 Å². The number of thiophene rings is 2. The van der Waals surface area contributed by atoms with Gasteiger partial charge in [-0.15, -0.1) is 22.7 Å². The Labute approximate surface area is 276 Å². The van der Waals surface area contributed by atoms with Crippen molar-refractivity contribution in [3.05, 3.63) is 132 Å². The minimum atomic E-state index is 0.266. The first kappa shape index (κ1) is 28.7. The zero-order valence-electron chi connectivity index (χ0n) is 25.8. The fourth-order valence-electron chi connectivity index (χ4n) is 6.92. The second-order valence-electron chi connectivity index (χ2n) is 11.9. The van der Waals surface area contributed by atoms with E-state index in [-0.39, 0.29) is 5.78 Å². The van der Waals surface area contributed by atoms with Crippen molar-refractivity contribution in [3.8, 4) is 22.3 Å². The summed E-state index contributed by atoms with van der Waals surface area (Å²) in [5, 5.41) is 4.86. The van der Waals surface area contributed by atoms with Crippen molar-refractivity contribution in [1.82, 2.24) is 9.97 Å². The molecule has 0 unspecified atom stereocenters. The van der Waals surface area contributed by atoms with E-state index >= 15 is 0 Å². The van der Waals surface area contributed by atoms with Gasteiger partial charge in [0.2, 0.25) is 0 Å². The van der Waals surface area contributed by atoms with Crippen LogP contribution in [0.25, 0.3) is 62.9 Å². The molecule has 224 valence electrons. The van der Waals surface area contributed by atoms with Crippen LogP contribution >= 0.6 is 22.7 Å². The van der Waals surface area contributed by atoms with E-state index in [0.717, 1.165) is 21.0 Å². The molecule has 46 heavy (non-hydrogen) atoms. The van der Waals surface area contributed by atoms with Gasteiger partial charge in [0, 0.05) is 55.2 Å². The molecule has 0 N–H and O–H groups in total. The van der Waals surface area contributed by atoms with Crippen LogP contribution in [-0.2, 0) is 17.6 Å². The minimum Gasteiger partial charge on any atom is -0.300 e. The molecule has 0 aliphatic rings. The molecule has 0 radical (unpaired) electrons. The molecule has 3 nitrogen and oxygen atoms in total. The van der Waals surface area contributed by atoms with Crippen molar-refractivity contribution in [1.29, 1.82) is 0 Å². The van der Waals surface area contributed by atoms with Crippen molar-refractivity contribution in [2.24, 2.45) is 0 Å². The van der Waals surface area contributed by atoms with Gasteiger partial charge in [0.05, 0.1) is 0 Å². The lowest BCUT2D eigenvalue weighted by Gasteiger charge is -2.16. The fourth-order valence-corrected chi connectivity index (χ4v) is 9.18. The number of hydrogen-bond donors (Lipinski definition) is 0. The minimum absolute atomic E-state index is 0.266. The van der Waals surface area contributed by atoms with Gasteiger partial charge < -0.3 is 0 Å². The number of benzene rings is 4. The molecule has 4 aromatic heterocycles. The van der Waals surface area contributed by atoms with Gasteiger partial charge in [-0.25, -0.2) is 9.97 Å². The van der Waals surface area contributed by atoms with Gasteiger partial charge in [0.25, 0.3) is 0 Å². The lowest BCUT2D eigenvalue weighted by molar-refractivity contribution is -0.119. The Balaban J connectivity index is 1.14. The van der Waals surface area contributed by atoms with Crippen molar-refractivity contribution in [3.63, 3.8) is 0 Å². The van der Waals surface area contributed by atoms with Gasteiger partial charge >= 0.3 is 0 Å². The maximum atomic E-state index is 13.7. The van der Waals surface area contributed by atoms with Crippen LogP contribution in [0.2, 0.25) is 0 Å². The highest BCUT2D eigenvalue weighted by molar-refractivity contribution is 7.26. The Morgan fingerprint density at radius 2 is 0.935 bits per heavy atom. The maximum Gasteiger partial charge on any atom is 0.133 e. The van der Waals surface area contributed by atoms with Crippen LogP contribution in [0.5, 0.6) is 0 Å². The van der Waals surface area contributed by atoms with Crippen LogP contribution in [0.1, 0.15) is 35.4 Å². The molecule has 0 spiro atoms. The molecule has 0 fully saturated rings. The topological polar surface area (TPSA) is 42.9 Å². The molecule has 8 aromatic rings. The first-order chi connectivity index (χ1) is 22.6. The largest absolute Gasteiger partial charge is 0.300 e. The van der Waals surface area contributed by atoms with Crippen LogP contribution in [0.4, 0.5) is 0 Å². The zero-order valence-corrected chi connectivity index (χ0v) is 27.5. The predicted octanol–water partition coefficient (Wildman–Crippen LogP) is 11.3. The quantitative estimate of drug-likeness (QED) is 0.167. The van der Waals surface area contributed by atoms with Gasteiger partial charge in [-0.05, 0) is 72.2 Å². The number of fused-ring (bicyclic) bond motifs is 6. The highest BCUT2D eigenvalue weighted by Gasteiger charge is 2.21. The summed E-state index contributed by atoms with van der Waals surface area (Å²) in [5.41, 5.74) is 9.14. The molecule has 0 saturated carbocycles. The van der Waals surface area contributed by atoms with Crippen molar-refractivity contribution < 1.29 is 4.79 Å². The van der Waals surface area contributed by atoms with Crippen LogP contribution < -0.4 is 0 Å². The summed E-state index contributed by atoms with van der Waals surface area (Å²) < 4.78 is 2.48. The second-order valence-corrected chi connectivity index (χ2v) is 14.0. The summed E-state index contributed by atoms with van der Waals surface area (Å²) in [6.45, 7) is 4.19. The molecule has 4 aromatic carbocycles. The zero-order chi connectivity index (χ0) is 31.2. The van der Waals surface area contributed by atoms with E-state index in [1.54, 1.807) is 22.7 Å². The Kier molecular flexibility index (Phi) is 7.44. The normalized spacial score (nSPS) is 11.7. The van der Waals surface area contributed by atoms with Gasteiger partial charge in [-0.1, -0.05) is 97.1 Å². The lowest BCUT2D eigenvalue weighted by atomic mass is 9.90. The monoisotopic (exact) mass is 632 g/mol. The molecular formula is C41H32N2OS2. The summed E-state index contributed by atoms with van der Waals surface area (Å²) in [6.07, 6.45) is 2.29. The summed E-state index contributed by atoms with van der Waals surface area (Å²) >= 11 is 3.49. The van der Waals surface area contributed by atoms with Crippen molar-refractivity contribution in [2.75, 3.05) is 0 Å². The number of nitrogens with zero attached hydrogens (tertiary/aromatic N) is 2. The summed E-state index contributed by atoms with van der Waals surface area (Å²) in [6, 6.07) is 38.3. The van der Waals surface area contributed by atoms with Crippen LogP contribution in [0.15, 0.2) is 109 Å². The number of pyridine rings is 2. The molecule has 0 saturated heterocycles. The number of carbonyl (C=O) groups excluding carboxylic acids is 1. The molecular weight excluding hydrogens is 601 g/mol. The number of ketones is 1. The SMILES string of the molecule is Cc1nc2sc3ccccc3c2c(-c2ccccc2)c1CCC(=O)CCc1c(C)nc2sc3ccccc3c2c1-c1ccccc1. The van der Waals surface area contributed by atoms with E-state index in [9.17, 15) is 4.79 Å². The van der Waals surface area contributed by atoms with E-state index < -0.39 is 0 Å². The first-order valence-electron chi connectivity index (χ1n) is 15.8. The van der Waals surface area contributed by atoms with Gasteiger partial charge in [-0.3, -0.25) is 4.79 Å². The number of aryl methyl sites for hydroxylation is 2. The molecule has 0 aliphatic heterocycles. The fraction of sp³-hybridized carbons (Fsp3) is 0.146. The standard InChI is InChI=1S/C41H32N2OS2/c1-25-30(36(27-13-5-3-6-14-27)38-32-17-9-11-19-34(32)45-40(38)42-25)23-21-29(44)22-24-31-26(2)43-41-39(33-18-10-12-20-35(33)46-41)37(31)28-15-7-4-8-16-28/h3-20H,21-24H2,1-2H3. The van der Waals surface area contributed by atoms with E-state index in [1.807, 2.05) is 0 Å². The van der Waals surface area contributed by atoms with E-state index in [0.29, 0.717) is 25.7 Å². The van der Waals surface area contributed by atoms with E-state index in [2.05, 4.69) is 123 Å². The van der Waals surface area contributed by atoms with Crippen LogP contribution in [0.3, 0.4) is 0 Å². The average Bonchev–Trinajstić information content (AvgIpc) is 3.64. The summed E-state index contributed by atoms with van der Waals surface area (Å²) in [4.78, 5) is 26.0. The number of carbonyl (C=O) groups is 1. The molecule has 0 atom stereocenters. The van der Waals surface area contributed by atoms with Gasteiger partial charge in [0.1, 0.15) is 15.4 Å². The predicted molar refractivity (Wildman–Crippen MR) is 196 cm³/mol. The van der Waals surface area contributed by atoms with Crippen molar-refractivity contribution >= 4 is 69.1 Å². The van der Waals surface area contributed by atoms with E-state index in [1.165, 1.54) is 64.3 Å². The Hall–Kier alpha value is -4.71. The highest BCUT2D eigenvalue weighted by atomic mass is 32.1. The molecule has 4 heterocycles. The summed E-state index contributed by atoms with van der Waals surface area (Å²) in [7, 11) is 0. The smallest absolute Gasteiger partial charge is 0.133 e. The van der Waals surface area contributed by atoms with Gasteiger partial charge in [-0.2, -0.15) is 0 Å². The Morgan fingerprint density at radius 1 is 0.543 bits per heavy atom. The van der Waals surface area contributed by atoms with Gasteiger partial charge in [0.15, 0.2) is 0 Å². The van der Waals surface area contributed by atoms with Crippen molar-refractivity contribution in [2.45, 2.75) is 39.5 Å².